The zero-order chi connectivity index (χ0) is 28.5. The third-order valence-corrected chi connectivity index (χ3v) is 8.08. The van der Waals surface area contributed by atoms with Gasteiger partial charge in [0, 0.05) is 5.69 Å². The fourth-order valence-corrected chi connectivity index (χ4v) is 5.92. The van der Waals surface area contributed by atoms with Crippen LogP contribution in [-0.4, -0.2) is 23.7 Å². The van der Waals surface area contributed by atoms with E-state index in [-0.39, 0.29) is 17.5 Å². The number of aryl methyl sites for hydroxylation is 1. The molecule has 6 nitrogen and oxygen atoms in total. The standard InChI is InChI=1S/C33H35N3O3S/c1-4-6-10-24-13-15-25(16-14-24)21-30-32(38)36(27-17-19-28(20-18-27)39-5-2)33(40-30)29(22-34)31(37)35-23(3)26-11-8-7-9-12-26/h7-9,11-20,23,30H,4-6,10,21H2,1-3H3,(H,35,37)/b33-29-. The molecule has 1 N–H and O–H groups in total. The van der Waals surface area contributed by atoms with Crippen LogP contribution in [0.25, 0.3) is 0 Å². The van der Waals surface area contributed by atoms with Gasteiger partial charge in [0.2, 0.25) is 5.91 Å². The quantitative estimate of drug-likeness (QED) is 0.210. The number of carbonyl (C=O) groups excluding carboxylic acids is 2. The summed E-state index contributed by atoms with van der Waals surface area (Å²) in [5.74, 6) is 0.0209. The minimum Gasteiger partial charge on any atom is -0.494 e. The highest BCUT2D eigenvalue weighted by atomic mass is 32.2. The topological polar surface area (TPSA) is 82.4 Å². The average Bonchev–Trinajstić information content (AvgIpc) is 3.29. The van der Waals surface area contributed by atoms with Gasteiger partial charge in [0.15, 0.2) is 0 Å². The van der Waals surface area contributed by atoms with Crippen LogP contribution >= 0.6 is 11.8 Å². The average molecular weight is 554 g/mol. The number of ether oxygens (including phenoxy) is 1. The SMILES string of the molecule is CCCCc1ccc(CC2S/C(=C(/C#N)C(=O)NC(C)c3ccccc3)N(c3ccc(OCC)cc3)C2=O)cc1. The van der Waals surface area contributed by atoms with E-state index in [9.17, 15) is 14.9 Å². The summed E-state index contributed by atoms with van der Waals surface area (Å²) in [5.41, 5.74) is 3.76. The van der Waals surface area contributed by atoms with Crippen molar-refractivity contribution in [3.63, 3.8) is 0 Å². The summed E-state index contributed by atoms with van der Waals surface area (Å²) < 4.78 is 5.57. The van der Waals surface area contributed by atoms with Crippen LogP contribution in [0, 0.1) is 11.3 Å². The Morgan fingerprint density at radius 2 is 1.70 bits per heavy atom. The van der Waals surface area contributed by atoms with E-state index >= 15 is 0 Å². The second-order valence-corrected chi connectivity index (χ2v) is 10.9. The highest BCUT2D eigenvalue weighted by Gasteiger charge is 2.41. The number of nitrogens with zero attached hydrogens (tertiary/aromatic N) is 2. The minimum atomic E-state index is -0.508. The smallest absolute Gasteiger partial charge is 0.265 e. The van der Waals surface area contributed by atoms with Crippen molar-refractivity contribution in [1.29, 1.82) is 5.26 Å². The van der Waals surface area contributed by atoms with Gasteiger partial charge in [-0.25, -0.2) is 0 Å². The lowest BCUT2D eigenvalue weighted by Crippen LogP contribution is -2.32. The van der Waals surface area contributed by atoms with Crippen LogP contribution in [0.1, 0.15) is 56.3 Å². The summed E-state index contributed by atoms with van der Waals surface area (Å²) in [6.45, 7) is 6.49. The van der Waals surface area contributed by atoms with Gasteiger partial charge >= 0.3 is 0 Å². The van der Waals surface area contributed by atoms with Crippen LogP contribution in [0.3, 0.4) is 0 Å². The first-order valence-corrected chi connectivity index (χ1v) is 14.6. The Labute approximate surface area is 241 Å². The minimum absolute atomic E-state index is 0.0765. The maximum Gasteiger partial charge on any atom is 0.265 e. The zero-order valence-electron chi connectivity index (χ0n) is 23.2. The summed E-state index contributed by atoms with van der Waals surface area (Å²) in [7, 11) is 0. The lowest BCUT2D eigenvalue weighted by molar-refractivity contribution is -0.117. The Morgan fingerprint density at radius 1 is 1.02 bits per heavy atom. The van der Waals surface area contributed by atoms with Crippen molar-refractivity contribution in [2.24, 2.45) is 0 Å². The van der Waals surface area contributed by atoms with Crippen molar-refractivity contribution < 1.29 is 14.3 Å². The number of anilines is 1. The molecule has 1 heterocycles. The number of thioether (sulfide) groups is 1. The summed E-state index contributed by atoms with van der Waals surface area (Å²) in [6, 6.07) is 26.9. The Kier molecular flexibility index (Phi) is 10.0. The highest BCUT2D eigenvalue weighted by molar-refractivity contribution is 8.05. The van der Waals surface area contributed by atoms with Gasteiger partial charge in [-0.15, -0.1) is 0 Å². The van der Waals surface area contributed by atoms with Crippen LogP contribution in [0.2, 0.25) is 0 Å². The van der Waals surface area contributed by atoms with Crippen molar-refractivity contribution in [1.82, 2.24) is 5.32 Å². The van der Waals surface area contributed by atoms with Gasteiger partial charge in [-0.05, 0) is 74.1 Å². The van der Waals surface area contributed by atoms with E-state index < -0.39 is 11.2 Å². The van der Waals surface area contributed by atoms with E-state index in [1.54, 1.807) is 24.3 Å². The number of nitriles is 1. The van der Waals surface area contributed by atoms with E-state index in [4.69, 9.17) is 4.74 Å². The van der Waals surface area contributed by atoms with Crippen LogP contribution in [-0.2, 0) is 22.4 Å². The van der Waals surface area contributed by atoms with Crippen LogP contribution in [0.15, 0.2) is 89.5 Å². The Morgan fingerprint density at radius 3 is 2.33 bits per heavy atom. The lowest BCUT2D eigenvalue weighted by atomic mass is 10.0. The molecule has 2 unspecified atom stereocenters. The molecule has 2 atom stereocenters. The van der Waals surface area contributed by atoms with Crippen molar-refractivity contribution in [3.8, 4) is 11.8 Å². The molecule has 1 saturated heterocycles. The maximum absolute atomic E-state index is 13.8. The van der Waals surface area contributed by atoms with Gasteiger partial charge in [0.05, 0.1) is 17.9 Å². The third kappa shape index (κ3) is 6.94. The normalized spacial score (nSPS) is 16.8. The van der Waals surface area contributed by atoms with Gasteiger partial charge in [-0.2, -0.15) is 5.26 Å². The summed E-state index contributed by atoms with van der Waals surface area (Å²) in [5, 5.41) is 13.0. The number of carbonyl (C=O) groups is 2. The Balaban J connectivity index is 1.64. The molecule has 4 rings (SSSR count). The van der Waals surface area contributed by atoms with Crippen molar-refractivity contribution in [2.45, 2.75) is 57.7 Å². The highest BCUT2D eigenvalue weighted by Crippen LogP contribution is 2.42. The largest absolute Gasteiger partial charge is 0.494 e. The van der Waals surface area contributed by atoms with E-state index in [0.717, 1.165) is 30.4 Å². The molecule has 0 aliphatic carbocycles. The molecule has 0 radical (unpaired) electrons. The summed E-state index contributed by atoms with van der Waals surface area (Å²) in [6.07, 6.45) is 3.82. The van der Waals surface area contributed by atoms with E-state index in [1.165, 1.54) is 22.2 Å². The number of benzene rings is 3. The van der Waals surface area contributed by atoms with Gasteiger partial charge in [-0.1, -0.05) is 79.7 Å². The predicted octanol–water partition coefficient (Wildman–Crippen LogP) is 6.73. The lowest BCUT2D eigenvalue weighted by Gasteiger charge is -2.20. The van der Waals surface area contributed by atoms with Gasteiger partial charge in [0.25, 0.3) is 5.91 Å². The molecule has 1 aliphatic heterocycles. The number of hydrogen-bond acceptors (Lipinski definition) is 5. The molecule has 0 spiro atoms. The molecule has 1 fully saturated rings. The Hall–Kier alpha value is -4.02. The molecule has 7 heteroatoms. The first-order valence-electron chi connectivity index (χ1n) is 13.8. The van der Waals surface area contributed by atoms with Crippen molar-refractivity contribution >= 4 is 29.3 Å². The van der Waals surface area contributed by atoms with Gasteiger partial charge < -0.3 is 10.1 Å². The third-order valence-electron chi connectivity index (χ3n) is 6.82. The summed E-state index contributed by atoms with van der Waals surface area (Å²) >= 11 is 1.27. The molecule has 0 bridgehead atoms. The molecule has 0 saturated carbocycles. The molecule has 206 valence electrons. The number of hydrogen-bond donors (Lipinski definition) is 1. The Bertz CT molecular complexity index is 1380. The number of amides is 2. The molecule has 2 amide bonds. The predicted molar refractivity (Wildman–Crippen MR) is 161 cm³/mol. The monoisotopic (exact) mass is 553 g/mol. The number of nitrogens with one attached hydrogen (secondary N) is 1. The van der Waals surface area contributed by atoms with Crippen LogP contribution < -0.4 is 15.0 Å². The fourth-order valence-electron chi connectivity index (χ4n) is 4.61. The number of unbranched alkanes of at least 4 members (excludes halogenated alkanes) is 1. The number of rotatable bonds is 11. The molecule has 1 aliphatic rings. The van der Waals surface area contributed by atoms with Gasteiger partial charge in [-0.3, -0.25) is 14.5 Å². The van der Waals surface area contributed by atoms with Crippen molar-refractivity contribution in [3.05, 3.63) is 106 Å². The van der Waals surface area contributed by atoms with E-state index in [1.807, 2.05) is 44.2 Å². The summed E-state index contributed by atoms with van der Waals surface area (Å²) in [4.78, 5) is 28.7. The first kappa shape index (κ1) is 29.0. The second-order valence-electron chi connectivity index (χ2n) is 9.73. The second kappa shape index (κ2) is 13.9. The van der Waals surface area contributed by atoms with E-state index in [0.29, 0.717) is 29.5 Å². The fraction of sp³-hybridized carbons (Fsp3) is 0.303. The van der Waals surface area contributed by atoms with Crippen LogP contribution in [0.4, 0.5) is 5.69 Å². The van der Waals surface area contributed by atoms with Crippen molar-refractivity contribution in [2.75, 3.05) is 11.5 Å². The maximum atomic E-state index is 13.8. The molecular weight excluding hydrogens is 518 g/mol. The van der Waals surface area contributed by atoms with E-state index in [2.05, 4.69) is 42.6 Å². The van der Waals surface area contributed by atoms with Gasteiger partial charge in [0.1, 0.15) is 22.4 Å². The molecule has 0 aromatic heterocycles. The molecule has 3 aromatic rings. The zero-order valence-corrected chi connectivity index (χ0v) is 24.0. The molecule has 3 aromatic carbocycles. The molecular formula is C33H35N3O3S. The molecule has 40 heavy (non-hydrogen) atoms. The first-order chi connectivity index (χ1) is 19.4. The van der Waals surface area contributed by atoms with Crippen LogP contribution in [0.5, 0.6) is 5.75 Å².